The Hall–Kier alpha value is -1.10. The molecule has 0 spiro atoms. The second-order valence-electron chi connectivity index (χ2n) is 3.84. The van der Waals surface area contributed by atoms with Crippen LogP contribution in [0.15, 0.2) is 0 Å². The number of hydrogen-bond acceptors (Lipinski definition) is 3. The molecule has 2 amide bonds. The van der Waals surface area contributed by atoms with Crippen molar-refractivity contribution in [3.05, 3.63) is 0 Å². The molecule has 0 bridgehead atoms. The standard InChI is InChI=1S/C10H18N2O3/c1-8(13)11-5-2-10(15)12-6-3-9(14)4-7-12/h9,14H,2-7H2,1H3,(H,11,13). The summed E-state index contributed by atoms with van der Waals surface area (Å²) >= 11 is 0. The summed E-state index contributed by atoms with van der Waals surface area (Å²) in [5.41, 5.74) is 0. The van der Waals surface area contributed by atoms with Gasteiger partial charge in [0.2, 0.25) is 11.8 Å². The van der Waals surface area contributed by atoms with Gasteiger partial charge in [0, 0.05) is 33.0 Å². The van der Waals surface area contributed by atoms with E-state index >= 15 is 0 Å². The molecule has 1 aliphatic rings. The van der Waals surface area contributed by atoms with Crippen LogP contribution in [0.3, 0.4) is 0 Å². The van der Waals surface area contributed by atoms with Crippen LogP contribution in [-0.2, 0) is 9.59 Å². The van der Waals surface area contributed by atoms with Crippen molar-refractivity contribution in [2.75, 3.05) is 19.6 Å². The molecule has 0 atom stereocenters. The van der Waals surface area contributed by atoms with Crippen molar-refractivity contribution in [1.29, 1.82) is 0 Å². The van der Waals surface area contributed by atoms with Gasteiger partial charge in [-0.05, 0) is 12.8 Å². The highest BCUT2D eigenvalue weighted by molar-refractivity contribution is 5.78. The Morgan fingerprint density at radius 3 is 2.53 bits per heavy atom. The zero-order valence-electron chi connectivity index (χ0n) is 9.03. The molecule has 1 aliphatic heterocycles. The normalized spacial score (nSPS) is 17.6. The number of nitrogens with zero attached hydrogens (tertiary/aromatic N) is 1. The number of carbonyl (C=O) groups is 2. The molecule has 0 saturated carbocycles. The van der Waals surface area contributed by atoms with Gasteiger partial charge in [0.05, 0.1) is 6.10 Å². The molecular weight excluding hydrogens is 196 g/mol. The minimum absolute atomic E-state index is 0.0515. The van der Waals surface area contributed by atoms with E-state index in [4.69, 9.17) is 0 Å². The molecule has 0 unspecified atom stereocenters. The fraction of sp³-hybridized carbons (Fsp3) is 0.800. The van der Waals surface area contributed by atoms with Gasteiger partial charge in [-0.3, -0.25) is 9.59 Å². The zero-order valence-corrected chi connectivity index (χ0v) is 9.03. The lowest BCUT2D eigenvalue weighted by Gasteiger charge is -2.29. The van der Waals surface area contributed by atoms with Crippen molar-refractivity contribution in [3.8, 4) is 0 Å². The predicted octanol–water partition coefficient (Wildman–Crippen LogP) is -0.504. The minimum Gasteiger partial charge on any atom is -0.393 e. The van der Waals surface area contributed by atoms with Crippen molar-refractivity contribution in [1.82, 2.24) is 10.2 Å². The number of amides is 2. The van der Waals surface area contributed by atoms with Gasteiger partial charge in [0.25, 0.3) is 0 Å². The number of aliphatic hydroxyl groups is 1. The molecule has 1 saturated heterocycles. The molecule has 15 heavy (non-hydrogen) atoms. The summed E-state index contributed by atoms with van der Waals surface area (Å²) in [6.45, 7) is 3.08. The van der Waals surface area contributed by atoms with Gasteiger partial charge in [-0.15, -0.1) is 0 Å². The quantitative estimate of drug-likeness (QED) is 0.665. The average molecular weight is 214 g/mol. The monoisotopic (exact) mass is 214 g/mol. The highest BCUT2D eigenvalue weighted by Gasteiger charge is 2.20. The molecule has 2 N–H and O–H groups in total. The van der Waals surface area contributed by atoms with Crippen LogP contribution in [0.5, 0.6) is 0 Å². The molecular formula is C10H18N2O3. The van der Waals surface area contributed by atoms with Gasteiger partial charge in [-0.1, -0.05) is 0 Å². The van der Waals surface area contributed by atoms with E-state index in [-0.39, 0.29) is 17.9 Å². The third-order valence-electron chi connectivity index (χ3n) is 2.53. The van der Waals surface area contributed by atoms with Crippen molar-refractivity contribution in [2.24, 2.45) is 0 Å². The number of piperidine rings is 1. The summed E-state index contributed by atoms with van der Waals surface area (Å²) in [5.74, 6) is -0.0625. The number of nitrogens with one attached hydrogen (secondary N) is 1. The van der Waals surface area contributed by atoms with Crippen molar-refractivity contribution in [3.63, 3.8) is 0 Å². The third kappa shape index (κ3) is 4.29. The topological polar surface area (TPSA) is 69.6 Å². The summed E-state index contributed by atoms with van der Waals surface area (Å²) in [7, 11) is 0. The maximum Gasteiger partial charge on any atom is 0.224 e. The van der Waals surface area contributed by atoms with E-state index in [1.807, 2.05) is 0 Å². The van der Waals surface area contributed by atoms with E-state index in [2.05, 4.69) is 5.32 Å². The smallest absolute Gasteiger partial charge is 0.224 e. The van der Waals surface area contributed by atoms with E-state index in [0.717, 1.165) is 0 Å². The van der Waals surface area contributed by atoms with Crippen LogP contribution >= 0.6 is 0 Å². The Kier molecular flexibility index (Phi) is 4.55. The van der Waals surface area contributed by atoms with E-state index in [0.29, 0.717) is 38.9 Å². The molecule has 5 heteroatoms. The van der Waals surface area contributed by atoms with Gasteiger partial charge >= 0.3 is 0 Å². The first-order valence-corrected chi connectivity index (χ1v) is 5.30. The second-order valence-corrected chi connectivity index (χ2v) is 3.84. The molecule has 0 aromatic carbocycles. The lowest BCUT2D eigenvalue weighted by atomic mass is 10.1. The Balaban J connectivity index is 2.19. The largest absolute Gasteiger partial charge is 0.393 e. The first-order valence-electron chi connectivity index (χ1n) is 5.30. The zero-order chi connectivity index (χ0) is 11.3. The van der Waals surface area contributed by atoms with E-state index in [1.165, 1.54) is 6.92 Å². The minimum atomic E-state index is -0.260. The van der Waals surface area contributed by atoms with Crippen molar-refractivity contribution >= 4 is 11.8 Å². The van der Waals surface area contributed by atoms with Gasteiger partial charge < -0.3 is 15.3 Å². The Morgan fingerprint density at radius 2 is 2.00 bits per heavy atom. The summed E-state index contributed by atoms with van der Waals surface area (Å²) in [4.78, 5) is 23.9. The number of hydrogen-bond donors (Lipinski definition) is 2. The molecule has 1 heterocycles. The van der Waals surface area contributed by atoms with Crippen LogP contribution in [0, 0.1) is 0 Å². The van der Waals surface area contributed by atoms with E-state index < -0.39 is 0 Å². The Labute approximate surface area is 89.4 Å². The molecule has 5 nitrogen and oxygen atoms in total. The second kappa shape index (κ2) is 5.70. The molecule has 0 aromatic rings. The number of rotatable bonds is 3. The first kappa shape index (κ1) is 12.0. The highest BCUT2D eigenvalue weighted by Crippen LogP contribution is 2.10. The average Bonchev–Trinajstić information content (AvgIpc) is 2.18. The van der Waals surface area contributed by atoms with Gasteiger partial charge in [0.1, 0.15) is 0 Å². The molecule has 1 fully saturated rings. The number of aliphatic hydroxyl groups excluding tert-OH is 1. The molecule has 0 aromatic heterocycles. The lowest BCUT2D eigenvalue weighted by molar-refractivity contribution is -0.133. The van der Waals surface area contributed by atoms with Crippen LogP contribution in [0.25, 0.3) is 0 Å². The van der Waals surface area contributed by atoms with Crippen LogP contribution in [0.1, 0.15) is 26.2 Å². The van der Waals surface area contributed by atoms with Crippen molar-refractivity contribution < 1.29 is 14.7 Å². The molecule has 0 aliphatic carbocycles. The first-order chi connectivity index (χ1) is 7.09. The SMILES string of the molecule is CC(=O)NCCC(=O)N1CCC(O)CC1. The maximum atomic E-state index is 11.6. The fourth-order valence-corrected chi connectivity index (χ4v) is 1.62. The van der Waals surface area contributed by atoms with Crippen LogP contribution in [0.4, 0.5) is 0 Å². The van der Waals surface area contributed by atoms with Gasteiger partial charge in [-0.25, -0.2) is 0 Å². The van der Waals surface area contributed by atoms with Crippen LogP contribution in [0.2, 0.25) is 0 Å². The summed E-state index contributed by atoms with van der Waals surface area (Å²) in [6.07, 6.45) is 1.40. The highest BCUT2D eigenvalue weighted by atomic mass is 16.3. The number of carbonyl (C=O) groups excluding carboxylic acids is 2. The number of likely N-dealkylation sites (tertiary alicyclic amines) is 1. The van der Waals surface area contributed by atoms with Crippen LogP contribution < -0.4 is 5.32 Å². The summed E-state index contributed by atoms with van der Waals surface area (Å²) in [6, 6.07) is 0. The maximum absolute atomic E-state index is 11.6. The van der Waals surface area contributed by atoms with E-state index in [1.54, 1.807) is 4.90 Å². The van der Waals surface area contributed by atoms with Crippen molar-refractivity contribution in [2.45, 2.75) is 32.3 Å². The molecule has 1 rings (SSSR count). The Morgan fingerprint density at radius 1 is 1.40 bits per heavy atom. The molecule has 86 valence electrons. The molecule has 0 radical (unpaired) electrons. The van der Waals surface area contributed by atoms with Crippen LogP contribution in [-0.4, -0.2) is 47.6 Å². The predicted molar refractivity (Wildman–Crippen MR) is 55.1 cm³/mol. The van der Waals surface area contributed by atoms with Gasteiger partial charge in [-0.2, -0.15) is 0 Å². The fourth-order valence-electron chi connectivity index (χ4n) is 1.62. The van der Waals surface area contributed by atoms with Gasteiger partial charge in [0.15, 0.2) is 0 Å². The lowest BCUT2D eigenvalue weighted by Crippen LogP contribution is -2.41. The summed E-state index contributed by atoms with van der Waals surface area (Å²) < 4.78 is 0. The third-order valence-corrected chi connectivity index (χ3v) is 2.53. The summed E-state index contributed by atoms with van der Waals surface area (Å²) in [5, 5.41) is 11.9. The van der Waals surface area contributed by atoms with E-state index in [9.17, 15) is 14.7 Å². The Bertz CT molecular complexity index is 235.